The summed E-state index contributed by atoms with van der Waals surface area (Å²) in [6, 6.07) is 30.2. The molecule has 28 heavy (non-hydrogen) atoms. The molecular weight excluding hydrogens is 342 g/mol. The molecule has 1 heterocycles. The molecule has 0 radical (unpaired) electrons. The van der Waals surface area contributed by atoms with Crippen LogP contribution >= 0.6 is 0 Å². The lowest BCUT2D eigenvalue weighted by molar-refractivity contribution is 0.134. The van der Waals surface area contributed by atoms with Crippen LogP contribution in [-0.2, 0) is 0 Å². The highest BCUT2D eigenvalue weighted by Crippen LogP contribution is 2.42. The number of rotatable bonds is 2. The van der Waals surface area contributed by atoms with Crippen LogP contribution in [0.4, 0.5) is 0 Å². The highest BCUT2D eigenvalue weighted by atomic mass is 16.5. The molecule has 2 heteroatoms. The molecule has 0 spiro atoms. The molecule has 0 saturated heterocycles. The van der Waals surface area contributed by atoms with Crippen LogP contribution in [-0.4, -0.2) is 0 Å². The highest BCUT2D eigenvalue weighted by molar-refractivity contribution is 5.89. The third-order valence-electron chi connectivity index (χ3n) is 5.57. The topological polar surface area (TPSA) is 21.3 Å². The molecule has 1 aliphatic rings. The first-order valence-electron chi connectivity index (χ1n) is 9.76. The van der Waals surface area contributed by atoms with Crippen molar-refractivity contribution in [3.05, 3.63) is 113 Å². The van der Waals surface area contributed by atoms with Crippen molar-refractivity contribution in [2.24, 2.45) is 0 Å². The number of aryl methyl sites for hydroxylation is 2. The van der Waals surface area contributed by atoms with Gasteiger partial charge >= 0.3 is 0 Å². The highest BCUT2D eigenvalue weighted by Gasteiger charge is 2.31. The predicted octanol–water partition coefficient (Wildman–Crippen LogP) is 6.23. The number of benzene rings is 4. The molecular formula is C26H23NO. The Hall–Kier alpha value is -3.10. The van der Waals surface area contributed by atoms with Crippen molar-refractivity contribution < 1.29 is 4.74 Å². The van der Waals surface area contributed by atoms with Gasteiger partial charge in [0.05, 0.1) is 6.04 Å². The van der Waals surface area contributed by atoms with Gasteiger partial charge in [0.15, 0.2) is 6.23 Å². The molecule has 2 atom stereocenters. The van der Waals surface area contributed by atoms with Crippen molar-refractivity contribution >= 4 is 10.8 Å². The van der Waals surface area contributed by atoms with E-state index in [1.165, 1.54) is 33.0 Å². The molecule has 4 aromatic carbocycles. The van der Waals surface area contributed by atoms with Gasteiger partial charge in [-0.2, -0.15) is 0 Å². The molecule has 0 bridgehead atoms. The fraction of sp³-hybridized carbons (Fsp3) is 0.154. The van der Waals surface area contributed by atoms with E-state index in [2.05, 4.69) is 104 Å². The summed E-state index contributed by atoms with van der Waals surface area (Å²) in [5.74, 6) is 0.952. The van der Waals surface area contributed by atoms with Gasteiger partial charge in [-0.25, -0.2) is 0 Å². The standard InChI is InChI=1S/C26H23NO/c1-17-7-11-20(12-8-17)25-24-22-6-4-3-5-19(22)15-16-23(24)28-26(27-25)21-13-9-18(2)10-14-21/h3-16,25-27H,1-2H3/t25-,26+/m1/s1. The zero-order valence-electron chi connectivity index (χ0n) is 16.1. The second-order valence-corrected chi connectivity index (χ2v) is 7.62. The smallest absolute Gasteiger partial charge is 0.177 e. The van der Waals surface area contributed by atoms with Crippen LogP contribution in [0.5, 0.6) is 5.75 Å². The van der Waals surface area contributed by atoms with Crippen LogP contribution in [0, 0.1) is 13.8 Å². The normalized spacial score (nSPS) is 18.5. The first-order chi connectivity index (χ1) is 13.7. The number of ether oxygens (including phenoxy) is 1. The van der Waals surface area contributed by atoms with Crippen LogP contribution in [0.1, 0.15) is 40.1 Å². The van der Waals surface area contributed by atoms with E-state index in [1.54, 1.807) is 0 Å². The molecule has 1 aliphatic heterocycles. The van der Waals surface area contributed by atoms with Gasteiger partial charge in [0.2, 0.25) is 0 Å². The van der Waals surface area contributed by atoms with Gasteiger partial charge in [0.25, 0.3) is 0 Å². The minimum atomic E-state index is -0.180. The van der Waals surface area contributed by atoms with E-state index < -0.39 is 0 Å². The molecule has 5 rings (SSSR count). The number of hydrogen-bond acceptors (Lipinski definition) is 2. The fourth-order valence-electron chi connectivity index (χ4n) is 4.00. The van der Waals surface area contributed by atoms with Gasteiger partial charge < -0.3 is 4.74 Å². The largest absolute Gasteiger partial charge is 0.471 e. The van der Waals surface area contributed by atoms with E-state index in [0.29, 0.717) is 0 Å². The van der Waals surface area contributed by atoms with Crippen LogP contribution in [0.15, 0.2) is 84.9 Å². The van der Waals surface area contributed by atoms with Crippen molar-refractivity contribution in [3.8, 4) is 5.75 Å². The lowest BCUT2D eigenvalue weighted by Crippen LogP contribution is -2.35. The Kier molecular flexibility index (Phi) is 4.14. The van der Waals surface area contributed by atoms with Gasteiger partial charge in [0.1, 0.15) is 5.75 Å². The van der Waals surface area contributed by atoms with Crippen LogP contribution in [0.2, 0.25) is 0 Å². The van der Waals surface area contributed by atoms with Gasteiger partial charge in [-0.05, 0) is 36.2 Å². The average molecular weight is 365 g/mol. The first-order valence-corrected chi connectivity index (χ1v) is 9.76. The van der Waals surface area contributed by atoms with Gasteiger partial charge in [-0.3, -0.25) is 5.32 Å². The third kappa shape index (κ3) is 2.96. The number of nitrogens with one attached hydrogen (secondary N) is 1. The summed E-state index contributed by atoms with van der Waals surface area (Å²) >= 11 is 0. The fourth-order valence-corrected chi connectivity index (χ4v) is 4.00. The monoisotopic (exact) mass is 365 g/mol. The predicted molar refractivity (Wildman–Crippen MR) is 115 cm³/mol. The summed E-state index contributed by atoms with van der Waals surface area (Å²) in [4.78, 5) is 0. The van der Waals surface area contributed by atoms with Crippen LogP contribution in [0.3, 0.4) is 0 Å². The van der Waals surface area contributed by atoms with Crippen molar-refractivity contribution in [2.45, 2.75) is 26.1 Å². The maximum absolute atomic E-state index is 6.43. The SMILES string of the molecule is Cc1ccc([C@H]2N[C@H](c3ccc(C)cc3)Oc3ccc4ccccc4c32)cc1. The summed E-state index contributed by atoms with van der Waals surface area (Å²) < 4.78 is 6.43. The molecule has 4 aromatic rings. The summed E-state index contributed by atoms with van der Waals surface area (Å²) in [5, 5.41) is 6.22. The maximum Gasteiger partial charge on any atom is 0.177 e. The third-order valence-corrected chi connectivity index (χ3v) is 5.57. The molecule has 0 saturated carbocycles. The minimum absolute atomic E-state index is 0.0711. The molecule has 0 unspecified atom stereocenters. The second-order valence-electron chi connectivity index (χ2n) is 7.62. The van der Waals surface area contributed by atoms with Gasteiger partial charge in [0, 0.05) is 11.1 Å². The Morgan fingerprint density at radius 1 is 0.679 bits per heavy atom. The average Bonchev–Trinajstić information content (AvgIpc) is 2.74. The van der Waals surface area contributed by atoms with E-state index in [1.807, 2.05) is 0 Å². The molecule has 1 N–H and O–H groups in total. The Balaban J connectivity index is 1.67. The molecule has 0 aromatic heterocycles. The quantitative estimate of drug-likeness (QED) is 0.455. The molecule has 2 nitrogen and oxygen atoms in total. The summed E-state index contributed by atoms with van der Waals surface area (Å²) in [6.45, 7) is 4.23. The molecule has 0 amide bonds. The minimum Gasteiger partial charge on any atom is -0.471 e. The zero-order valence-corrected chi connectivity index (χ0v) is 16.1. The van der Waals surface area contributed by atoms with E-state index in [4.69, 9.17) is 4.74 Å². The Morgan fingerprint density at radius 3 is 2.04 bits per heavy atom. The lowest BCUT2D eigenvalue weighted by Gasteiger charge is -2.35. The van der Waals surface area contributed by atoms with Crippen LogP contribution < -0.4 is 10.1 Å². The zero-order chi connectivity index (χ0) is 19.1. The molecule has 0 fully saturated rings. The first kappa shape index (κ1) is 17.0. The van der Waals surface area contributed by atoms with Crippen molar-refractivity contribution in [1.82, 2.24) is 5.32 Å². The van der Waals surface area contributed by atoms with E-state index in [-0.39, 0.29) is 12.3 Å². The molecule has 138 valence electrons. The number of hydrogen-bond donors (Lipinski definition) is 1. The number of fused-ring (bicyclic) bond motifs is 3. The summed E-state index contributed by atoms with van der Waals surface area (Å²) in [7, 11) is 0. The van der Waals surface area contributed by atoms with E-state index in [0.717, 1.165) is 11.3 Å². The maximum atomic E-state index is 6.43. The lowest BCUT2D eigenvalue weighted by atomic mass is 9.90. The van der Waals surface area contributed by atoms with Crippen LogP contribution in [0.25, 0.3) is 10.8 Å². The van der Waals surface area contributed by atoms with E-state index >= 15 is 0 Å². The van der Waals surface area contributed by atoms with Crippen molar-refractivity contribution in [2.75, 3.05) is 0 Å². The van der Waals surface area contributed by atoms with E-state index in [9.17, 15) is 0 Å². The Bertz CT molecular complexity index is 1130. The van der Waals surface area contributed by atoms with Gasteiger partial charge in [-0.1, -0.05) is 90.0 Å². The van der Waals surface area contributed by atoms with Crippen molar-refractivity contribution in [1.29, 1.82) is 0 Å². The second kappa shape index (κ2) is 6.81. The molecule has 0 aliphatic carbocycles. The van der Waals surface area contributed by atoms with Gasteiger partial charge in [-0.15, -0.1) is 0 Å². The Labute approximate surface area is 165 Å². The summed E-state index contributed by atoms with van der Waals surface area (Å²) in [6.07, 6.45) is -0.180. The Morgan fingerprint density at radius 2 is 1.32 bits per heavy atom. The van der Waals surface area contributed by atoms with Crippen molar-refractivity contribution in [3.63, 3.8) is 0 Å². The summed E-state index contributed by atoms with van der Waals surface area (Å²) in [5.41, 5.74) is 6.13.